The first-order valence-electron chi connectivity index (χ1n) is 11.4. The zero-order chi connectivity index (χ0) is 25.5. The number of rotatable bonds is 7. The maximum Gasteiger partial charge on any atom is 0.416 e. The fourth-order valence-corrected chi connectivity index (χ4v) is 4.88. The zero-order valence-electron chi connectivity index (χ0n) is 19.2. The number of benzene rings is 3. The summed E-state index contributed by atoms with van der Waals surface area (Å²) in [7, 11) is 0. The van der Waals surface area contributed by atoms with Crippen LogP contribution in [0.25, 0.3) is 0 Å². The van der Waals surface area contributed by atoms with Gasteiger partial charge in [0.15, 0.2) is 5.17 Å². The van der Waals surface area contributed by atoms with Crippen molar-refractivity contribution in [3.63, 3.8) is 0 Å². The molecule has 1 N–H and O–H groups in total. The molecule has 1 aliphatic heterocycles. The average Bonchev–Trinajstić information content (AvgIpc) is 2.86. The molecule has 1 saturated heterocycles. The van der Waals surface area contributed by atoms with Crippen molar-refractivity contribution in [1.29, 1.82) is 0 Å². The highest BCUT2D eigenvalue weighted by molar-refractivity contribution is 8.15. The van der Waals surface area contributed by atoms with Crippen LogP contribution in [0.4, 0.5) is 24.5 Å². The van der Waals surface area contributed by atoms with Gasteiger partial charge in [0.1, 0.15) is 5.25 Å². The monoisotopic (exact) mass is 511 g/mol. The van der Waals surface area contributed by atoms with Crippen LogP contribution < -0.4 is 5.32 Å². The highest BCUT2D eigenvalue weighted by Gasteiger charge is 2.36. The van der Waals surface area contributed by atoms with Crippen molar-refractivity contribution < 1.29 is 22.8 Å². The first kappa shape index (κ1) is 25.5. The van der Waals surface area contributed by atoms with Gasteiger partial charge in [-0.3, -0.25) is 14.5 Å². The molecule has 3 aromatic carbocycles. The number of thioether (sulfide) groups is 1. The van der Waals surface area contributed by atoms with Gasteiger partial charge in [0.25, 0.3) is 0 Å². The lowest BCUT2D eigenvalue weighted by Crippen LogP contribution is -2.45. The molecule has 1 aliphatic rings. The van der Waals surface area contributed by atoms with Gasteiger partial charge in [0.05, 0.1) is 11.3 Å². The average molecular weight is 512 g/mol. The van der Waals surface area contributed by atoms with Crippen LogP contribution >= 0.6 is 11.8 Å². The minimum atomic E-state index is -4.51. The number of hydrogen-bond acceptors (Lipinski definition) is 4. The van der Waals surface area contributed by atoms with E-state index in [2.05, 4.69) is 10.3 Å². The molecule has 1 atom stereocenters. The van der Waals surface area contributed by atoms with Gasteiger partial charge < -0.3 is 5.32 Å². The predicted octanol–water partition coefficient (Wildman–Crippen LogP) is 6.30. The molecule has 5 nitrogen and oxygen atoms in total. The van der Waals surface area contributed by atoms with E-state index in [1.807, 2.05) is 36.4 Å². The molecule has 0 saturated carbocycles. The molecule has 1 fully saturated rings. The third kappa shape index (κ3) is 6.75. The van der Waals surface area contributed by atoms with E-state index in [0.717, 1.165) is 35.9 Å². The van der Waals surface area contributed by atoms with Gasteiger partial charge in [0, 0.05) is 18.7 Å². The number of amidine groups is 1. The van der Waals surface area contributed by atoms with Crippen LogP contribution in [0.2, 0.25) is 0 Å². The lowest BCUT2D eigenvalue weighted by Gasteiger charge is -2.32. The second-order valence-electron chi connectivity index (χ2n) is 8.24. The largest absolute Gasteiger partial charge is 0.416 e. The van der Waals surface area contributed by atoms with E-state index in [4.69, 9.17) is 0 Å². The molecular weight excluding hydrogens is 487 g/mol. The quantitative estimate of drug-likeness (QED) is 0.405. The van der Waals surface area contributed by atoms with E-state index in [1.165, 1.54) is 17.0 Å². The Kier molecular flexibility index (Phi) is 8.10. The Balaban J connectivity index is 1.56. The van der Waals surface area contributed by atoms with E-state index in [0.29, 0.717) is 18.7 Å². The Morgan fingerprint density at radius 3 is 2.39 bits per heavy atom. The van der Waals surface area contributed by atoms with Crippen molar-refractivity contribution >= 4 is 40.1 Å². The molecule has 3 aromatic rings. The van der Waals surface area contributed by atoms with Gasteiger partial charge in [-0.05, 0) is 48.7 Å². The molecule has 9 heteroatoms. The Morgan fingerprint density at radius 1 is 1.00 bits per heavy atom. The predicted molar refractivity (Wildman–Crippen MR) is 136 cm³/mol. The number of carbonyl (C=O) groups is 2. The third-order valence-electron chi connectivity index (χ3n) is 5.56. The standard InChI is InChI=1S/C27H24F3N3O2S/c28-27(29,30)20-12-7-15-22(17-20)32-26-33(16-8-11-19-9-3-1-4-10-19)24(34)18-23(36-26)25(35)31-21-13-5-2-6-14-21/h1-7,9-10,12-15,17,23H,8,11,16,18H2,(H,31,35). The van der Waals surface area contributed by atoms with E-state index in [-0.39, 0.29) is 29.1 Å². The highest BCUT2D eigenvalue weighted by atomic mass is 32.2. The molecule has 0 aliphatic carbocycles. The number of nitrogens with one attached hydrogen (secondary N) is 1. The molecule has 4 rings (SSSR count). The van der Waals surface area contributed by atoms with Gasteiger partial charge in [-0.25, -0.2) is 4.99 Å². The summed E-state index contributed by atoms with van der Waals surface area (Å²) in [5.74, 6) is -0.652. The fraction of sp³-hybridized carbons (Fsp3) is 0.222. The SMILES string of the molecule is O=C(Nc1ccccc1)C1CC(=O)N(CCCc2ccccc2)C(=Nc2cccc(C(F)(F)F)c2)S1. The molecule has 0 bridgehead atoms. The minimum Gasteiger partial charge on any atom is -0.325 e. The number of anilines is 1. The van der Waals surface area contributed by atoms with Crippen LogP contribution in [-0.2, 0) is 22.2 Å². The van der Waals surface area contributed by atoms with Crippen molar-refractivity contribution in [1.82, 2.24) is 4.90 Å². The number of halogens is 3. The first-order chi connectivity index (χ1) is 17.3. The van der Waals surface area contributed by atoms with Gasteiger partial charge >= 0.3 is 6.18 Å². The Morgan fingerprint density at radius 2 is 1.69 bits per heavy atom. The maximum absolute atomic E-state index is 13.2. The third-order valence-corrected chi connectivity index (χ3v) is 6.75. The van der Waals surface area contributed by atoms with Crippen molar-refractivity contribution in [2.24, 2.45) is 4.99 Å². The smallest absolute Gasteiger partial charge is 0.325 e. The van der Waals surface area contributed by atoms with Crippen molar-refractivity contribution in [2.75, 3.05) is 11.9 Å². The summed E-state index contributed by atoms with van der Waals surface area (Å²) in [6.07, 6.45) is -3.18. The second kappa shape index (κ2) is 11.4. The molecular formula is C27H24F3N3O2S. The molecule has 36 heavy (non-hydrogen) atoms. The zero-order valence-corrected chi connectivity index (χ0v) is 20.1. The van der Waals surface area contributed by atoms with Gasteiger partial charge in [-0.1, -0.05) is 66.4 Å². The van der Waals surface area contributed by atoms with Crippen molar-refractivity contribution in [3.05, 3.63) is 96.1 Å². The number of alkyl halides is 3. The molecule has 0 spiro atoms. The summed E-state index contributed by atoms with van der Waals surface area (Å²) >= 11 is 1.09. The van der Waals surface area contributed by atoms with E-state index < -0.39 is 17.0 Å². The number of aliphatic imine (C=N–C) groups is 1. The van der Waals surface area contributed by atoms with Gasteiger partial charge in [-0.15, -0.1) is 0 Å². The molecule has 1 unspecified atom stereocenters. The van der Waals surface area contributed by atoms with Crippen LogP contribution in [0, 0.1) is 0 Å². The lowest BCUT2D eigenvalue weighted by atomic mass is 10.1. The summed E-state index contributed by atoms with van der Waals surface area (Å²) in [4.78, 5) is 31.9. The van der Waals surface area contributed by atoms with Crippen LogP contribution in [0.15, 0.2) is 89.9 Å². The van der Waals surface area contributed by atoms with E-state index in [9.17, 15) is 22.8 Å². The summed E-state index contributed by atoms with van der Waals surface area (Å²) in [5.41, 5.74) is 0.950. The number of para-hydroxylation sites is 1. The van der Waals surface area contributed by atoms with Crippen molar-refractivity contribution in [2.45, 2.75) is 30.7 Å². The molecule has 0 radical (unpaired) electrons. The second-order valence-corrected chi connectivity index (χ2v) is 9.41. The molecule has 0 aromatic heterocycles. The van der Waals surface area contributed by atoms with Crippen molar-refractivity contribution in [3.8, 4) is 0 Å². The van der Waals surface area contributed by atoms with Crippen LogP contribution in [0.3, 0.4) is 0 Å². The Labute approximate surface area is 211 Å². The van der Waals surface area contributed by atoms with Crippen LogP contribution in [0.1, 0.15) is 24.0 Å². The van der Waals surface area contributed by atoms with Gasteiger partial charge in [-0.2, -0.15) is 13.2 Å². The molecule has 1 heterocycles. The number of aryl methyl sites for hydroxylation is 1. The van der Waals surface area contributed by atoms with Crippen LogP contribution in [-0.4, -0.2) is 33.7 Å². The molecule has 2 amide bonds. The number of carbonyl (C=O) groups excluding carboxylic acids is 2. The summed E-state index contributed by atoms with van der Waals surface area (Å²) in [6, 6.07) is 23.3. The van der Waals surface area contributed by atoms with Crippen LogP contribution in [0.5, 0.6) is 0 Å². The van der Waals surface area contributed by atoms with Gasteiger partial charge in [0.2, 0.25) is 11.8 Å². The topological polar surface area (TPSA) is 61.8 Å². The lowest BCUT2D eigenvalue weighted by molar-refractivity contribution is -0.137. The first-order valence-corrected chi connectivity index (χ1v) is 12.3. The fourth-order valence-electron chi connectivity index (χ4n) is 3.75. The number of nitrogens with zero attached hydrogens (tertiary/aromatic N) is 2. The maximum atomic E-state index is 13.2. The minimum absolute atomic E-state index is 0.0315. The summed E-state index contributed by atoms with van der Waals surface area (Å²) in [5, 5.41) is 2.25. The van der Waals surface area contributed by atoms with E-state index >= 15 is 0 Å². The number of amides is 2. The normalized spacial score (nSPS) is 17.3. The Hall–Kier alpha value is -3.59. The molecule has 186 valence electrons. The highest BCUT2D eigenvalue weighted by Crippen LogP contribution is 2.34. The van der Waals surface area contributed by atoms with E-state index in [1.54, 1.807) is 24.3 Å². The summed E-state index contributed by atoms with van der Waals surface area (Å²) < 4.78 is 39.7. The Bertz CT molecular complexity index is 1230. The number of hydrogen-bond donors (Lipinski definition) is 1. The summed E-state index contributed by atoms with van der Waals surface area (Å²) in [6.45, 7) is 0.339.